The summed E-state index contributed by atoms with van der Waals surface area (Å²) in [5.74, 6) is 1.11. The molecule has 0 saturated carbocycles. The largest absolute Gasteiger partial charge is 0.472 e. The molecule has 1 saturated heterocycles. The van der Waals surface area contributed by atoms with Crippen LogP contribution in [0.15, 0.2) is 4.99 Å². The Morgan fingerprint density at radius 3 is 2.10 bits per heavy atom. The summed E-state index contributed by atoms with van der Waals surface area (Å²) >= 11 is 0. The quantitative estimate of drug-likeness (QED) is 0.562. The van der Waals surface area contributed by atoms with Crippen LogP contribution in [0.5, 0.6) is 0 Å². The van der Waals surface area contributed by atoms with Crippen molar-refractivity contribution in [3.05, 3.63) is 0 Å². The number of aliphatic imine (C=N–C) groups is 1. The second-order valence-electron chi connectivity index (χ2n) is 5.09. The molecule has 21 heavy (non-hydrogen) atoms. The summed E-state index contributed by atoms with van der Waals surface area (Å²) in [4.78, 5) is 4.38. The Balaban J connectivity index is 0. The van der Waals surface area contributed by atoms with E-state index in [1.807, 2.05) is 48.5 Å². The smallest absolute Gasteiger partial charge is 0.194 e. The van der Waals surface area contributed by atoms with Crippen LogP contribution in [0.1, 0.15) is 68.7 Å². The topological polar surface area (TPSA) is 40.0 Å². The van der Waals surface area contributed by atoms with Crippen molar-refractivity contribution in [3.63, 3.8) is 0 Å². The number of ether oxygens (including phenoxy) is 3. The second-order valence-corrected chi connectivity index (χ2v) is 5.09. The lowest BCUT2D eigenvalue weighted by atomic mass is 9.94. The molecule has 128 valence electrons. The molecule has 0 aromatic rings. The van der Waals surface area contributed by atoms with Crippen LogP contribution in [-0.2, 0) is 14.2 Å². The molecule has 0 spiro atoms. The van der Waals surface area contributed by atoms with Crippen LogP contribution in [0.25, 0.3) is 0 Å². The van der Waals surface area contributed by atoms with E-state index in [9.17, 15) is 0 Å². The molecule has 1 aliphatic rings. The van der Waals surface area contributed by atoms with Crippen LogP contribution in [0.4, 0.5) is 0 Å². The van der Waals surface area contributed by atoms with E-state index in [0.29, 0.717) is 11.8 Å². The van der Waals surface area contributed by atoms with Gasteiger partial charge in [-0.2, -0.15) is 0 Å². The highest BCUT2D eigenvalue weighted by Crippen LogP contribution is 2.28. The SMILES string of the molecule is CC.CC.CO[C@@H]1O[C@H](C)C[C@H](C)[C@H]1OC(C)=NC(C)C. The zero-order valence-corrected chi connectivity index (χ0v) is 15.8. The standard InChI is InChI=1S/C13H25NO3.2C2H6/c1-8(2)14-11(5)17-12-9(3)7-10(4)16-13(12)15-6;2*1-2/h8-10,12-13H,7H2,1-6H3;2*1-2H3/t9-,10+,12+,13+;;/m0../s1. The summed E-state index contributed by atoms with van der Waals surface area (Å²) < 4.78 is 16.9. The van der Waals surface area contributed by atoms with Crippen LogP contribution >= 0.6 is 0 Å². The molecule has 0 unspecified atom stereocenters. The van der Waals surface area contributed by atoms with Gasteiger partial charge in [0, 0.05) is 26.0 Å². The predicted molar refractivity (Wildman–Crippen MR) is 90.9 cm³/mol. The molecule has 0 aliphatic carbocycles. The minimum absolute atomic E-state index is 0.0706. The molecule has 0 amide bonds. The summed E-state index contributed by atoms with van der Waals surface area (Å²) in [5, 5.41) is 0. The Morgan fingerprint density at radius 2 is 1.67 bits per heavy atom. The summed E-state index contributed by atoms with van der Waals surface area (Å²) in [6, 6.07) is 0.245. The van der Waals surface area contributed by atoms with Crippen molar-refractivity contribution in [1.29, 1.82) is 0 Å². The molecule has 0 aromatic carbocycles. The number of hydrogen-bond donors (Lipinski definition) is 0. The van der Waals surface area contributed by atoms with Gasteiger partial charge >= 0.3 is 0 Å². The Morgan fingerprint density at radius 1 is 1.14 bits per heavy atom. The molecule has 1 heterocycles. The number of hydrogen-bond acceptors (Lipinski definition) is 4. The molecule has 1 fully saturated rings. The molecule has 0 radical (unpaired) electrons. The van der Waals surface area contributed by atoms with Crippen molar-refractivity contribution in [2.75, 3.05) is 7.11 Å². The molecule has 4 heteroatoms. The fraction of sp³-hybridized carbons (Fsp3) is 0.941. The third-order valence-corrected chi connectivity index (χ3v) is 2.88. The van der Waals surface area contributed by atoms with Gasteiger partial charge in [0.1, 0.15) is 0 Å². The minimum atomic E-state index is -0.300. The zero-order valence-electron chi connectivity index (χ0n) is 15.8. The molecule has 0 aromatic heterocycles. The molecule has 4 atom stereocenters. The molecule has 1 aliphatic heterocycles. The zero-order chi connectivity index (χ0) is 17.0. The van der Waals surface area contributed by atoms with E-state index in [1.165, 1.54) is 0 Å². The minimum Gasteiger partial charge on any atom is -0.472 e. The Kier molecular flexibility index (Phi) is 14.1. The van der Waals surface area contributed by atoms with Crippen molar-refractivity contribution in [2.45, 2.75) is 93.3 Å². The van der Waals surface area contributed by atoms with Gasteiger partial charge in [-0.3, -0.25) is 4.99 Å². The fourth-order valence-corrected chi connectivity index (χ4v) is 2.24. The van der Waals surface area contributed by atoms with E-state index in [-0.39, 0.29) is 24.5 Å². The molecule has 1 rings (SSSR count). The summed E-state index contributed by atoms with van der Waals surface area (Å²) in [6.45, 7) is 18.2. The maximum atomic E-state index is 5.87. The van der Waals surface area contributed by atoms with Crippen molar-refractivity contribution in [1.82, 2.24) is 0 Å². The van der Waals surface area contributed by atoms with Crippen molar-refractivity contribution < 1.29 is 14.2 Å². The molecular weight excluding hydrogens is 266 g/mol. The molecule has 0 bridgehead atoms. The van der Waals surface area contributed by atoms with Gasteiger partial charge in [-0.05, 0) is 27.2 Å². The molecular formula is C17H37NO3. The van der Waals surface area contributed by atoms with Crippen LogP contribution in [0.3, 0.4) is 0 Å². The van der Waals surface area contributed by atoms with Crippen molar-refractivity contribution >= 4 is 5.90 Å². The highest BCUT2D eigenvalue weighted by molar-refractivity contribution is 5.73. The van der Waals surface area contributed by atoms with Crippen LogP contribution in [0.2, 0.25) is 0 Å². The van der Waals surface area contributed by atoms with E-state index in [4.69, 9.17) is 14.2 Å². The van der Waals surface area contributed by atoms with Gasteiger partial charge in [0.2, 0.25) is 0 Å². The Hall–Kier alpha value is -0.610. The van der Waals surface area contributed by atoms with Gasteiger partial charge in [0.05, 0.1) is 6.10 Å². The van der Waals surface area contributed by atoms with Crippen LogP contribution < -0.4 is 0 Å². The monoisotopic (exact) mass is 303 g/mol. The van der Waals surface area contributed by atoms with Gasteiger partial charge in [-0.1, -0.05) is 34.6 Å². The van der Waals surface area contributed by atoms with E-state index in [0.717, 1.165) is 6.42 Å². The highest BCUT2D eigenvalue weighted by atomic mass is 16.7. The lowest BCUT2D eigenvalue weighted by molar-refractivity contribution is -0.236. The highest BCUT2D eigenvalue weighted by Gasteiger charge is 2.37. The van der Waals surface area contributed by atoms with E-state index in [2.05, 4.69) is 18.8 Å². The number of nitrogens with zero attached hydrogens (tertiary/aromatic N) is 1. The Labute approximate surface area is 132 Å². The maximum Gasteiger partial charge on any atom is 0.194 e. The number of methoxy groups -OCH3 is 1. The predicted octanol–water partition coefficient (Wildman–Crippen LogP) is 4.67. The first-order valence-corrected chi connectivity index (χ1v) is 8.33. The summed E-state index contributed by atoms with van der Waals surface area (Å²) in [5.41, 5.74) is 0. The number of rotatable bonds is 3. The first-order valence-electron chi connectivity index (χ1n) is 8.33. The third kappa shape index (κ3) is 9.10. The van der Waals surface area contributed by atoms with Gasteiger partial charge in [0.25, 0.3) is 0 Å². The molecule has 4 nitrogen and oxygen atoms in total. The van der Waals surface area contributed by atoms with E-state index >= 15 is 0 Å². The van der Waals surface area contributed by atoms with Crippen LogP contribution in [0, 0.1) is 5.92 Å². The second kappa shape index (κ2) is 13.1. The molecule has 0 N–H and O–H groups in total. The lowest BCUT2D eigenvalue weighted by Crippen LogP contribution is -2.46. The normalized spacial score (nSPS) is 29.0. The van der Waals surface area contributed by atoms with Crippen molar-refractivity contribution in [2.24, 2.45) is 10.9 Å². The summed E-state index contributed by atoms with van der Waals surface area (Å²) in [7, 11) is 1.65. The van der Waals surface area contributed by atoms with Gasteiger partial charge in [0.15, 0.2) is 18.3 Å². The van der Waals surface area contributed by atoms with Crippen LogP contribution in [-0.4, -0.2) is 37.5 Å². The van der Waals surface area contributed by atoms with E-state index in [1.54, 1.807) is 7.11 Å². The first-order chi connectivity index (χ1) is 9.93. The lowest BCUT2D eigenvalue weighted by Gasteiger charge is -2.38. The Bertz CT molecular complexity index is 267. The average molecular weight is 303 g/mol. The average Bonchev–Trinajstić information content (AvgIpc) is 2.45. The van der Waals surface area contributed by atoms with Crippen molar-refractivity contribution in [3.8, 4) is 0 Å². The maximum absolute atomic E-state index is 5.87. The van der Waals surface area contributed by atoms with Gasteiger partial charge < -0.3 is 14.2 Å². The van der Waals surface area contributed by atoms with E-state index < -0.39 is 0 Å². The fourth-order valence-electron chi connectivity index (χ4n) is 2.24. The van der Waals surface area contributed by atoms with Gasteiger partial charge in [-0.15, -0.1) is 0 Å². The summed E-state index contributed by atoms with van der Waals surface area (Å²) in [6.07, 6.45) is 0.835. The first kappa shape index (κ1) is 22.7. The third-order valence-electron chi connectivity index (χ3n) is 2.88. The van der Waals surface area contributed by atoms with Gasteiger partial charge in [-0.25, -0.2) is 0 Å².